The van der Waals surface area contributed by atoms with Gasteiger partial charge in [0.25, 0.3) is 0 Å². The van der Waals surface area contributed by atoms with Crippen molar-refractivity contribution in [3.63, 3.8) is 0 Å². The number of hydrogen-bond acceptors (Lipinski definition) is 4. The van der Waals surface area contributed by atoms with E-state index >= 15 is 0 Å². The summed E-state index contributed by atoms with van der Waals surface area (Å²) in [6.07, 6.45) is 2.67. The number of aliphatic hydroxyl groups is 1. The fourth-order valence-electron chi connectivity index (χ4n) is 3.43. The number of carbonyl (C=O) groups is 2. The van der Waals surface area contributed by atoms with Gasteiger partial charge in [-0.05, 0) is 51.0 Å². The zero-order valence-electron chi connectivity index (χ0n) is 15.0. The maximum Gasteiger partial charge on any atom is 0.227 e. The van der Waals surface area contributed by atoms with Crippen LogP contribution >= 0.6 is 0 Å². The predicted octanol–water partition coefficient (Wildman–Crippen LogP) is 1.53. The summed E-state index contributed by atoms with van der Waals surface area (Å²) >= 11 is 0. The van der Waals surface area contributed by atoms with Crippen LogP contribution in [0.5, 0.6) is 0 Å². The van der Waals surface area contributed by atoms with Crippen LogP contribution in [0.3, 0.4) is 0 Å². The highest BCUT2D eigenvalue weighted by molar-refractivity contribution is 6.00. The lowest BCUT2D eigenvalue weighted by Crippen LogP contribution is -2.49. The summed E-state index contributed by atoms with van der Waals surface area (Å²) < 4.78 is 0. The molecule has 1 unspecified atom stereocenters. The van der Waals surface area contributed by atoms with Gasteiger partial charge in [-0.1, -0.05) is 0 Å². The number of nitrogens with zero attached hydrogens (tertiary/aromatic N) is 2. The Morgan fingerprint density at radius 1 is 1.20 bits per heavy atom. The summed E-state index contributed by atoms with van der Waals surface area (Å²) in [5.41, 5.74) is 1.35. The van der Waals surface area contributed by atoms with E-state index in [9.17, 15) is 14.7 Å². The van der Waals surface area contributed by atoms with Gasteiger partial charge >= 0.3 is 0 Å². The van der Waals surface area contributed by atoms with Gasteiger partial charge in [-0.3, -0.25) is 9.59 Å². The second kappa shape index (κ2) is 7.04. The first-order valence-corrected chi connectivity index (χ1v) is 8.98. The van der Waals surface area contributed by atoms with Gasteiger partial charge < -0.3 is 20.2 Å². The minimum atomic E-state index is -0.676. The average molecular weight is 345 g/mol. The van der Waals surface area contributed by atoms with Crippen molar-refractivity contribution in [1.82, 2.24) is 5.32 Å². The third-order valence-corrected chi connectivity index (χ3v) is 4.99. The lowest BCUT2D eigenvalue weighted by atomic mass is 10.0. The SMILES string of the molecule is CC(C)(CO)NC(=O)C1CC(=O)N(c2ccc(N3CCCC3)cc2)C1. The normalized spacial score (nSPS) is 21.1. The number of anilines is 2. The highest BCUT2D eigenvalue weighted by atomic mass is 16.3. The molecule has 0 saturated carbocycles. The molecule has 2 N–H and O–H groups in total. The highest BCUT2D eigenvalue weighted by Crippen LogP contribution is 2.28. The van der Waals surface area contributed by atoms with E-state index in [0.717, 1.165) is 18.8 Å². The molecule has 2 heterocycles. The van der Waals surface area contributed by atoms with Crippen LogP contribution in [0.25, 0.3) is 0 Å². The lowest BCUT2D eigenvalue weighted by Gasteiger charge is -2.25. The summed E-state index contributed by atoms with van der Waals surface area (Å²) in [4.78, 5) is 28.7. The van der Waals surface area contributed by atoms with Crippen molar-refractivity contribution in [2.45, 2.75) is 38.6 Å². The predicted molar refractivity (Wildman–Crippen MR) is 97.7 cm³/mol. The van der Waals surface area contributed by atoms with Crippen LogP contribution < -0.4 is 15.1 Å². The molecule has 0 aromatic heterocycles. The number of amides is 2. The van der Waals surface area contributed by atoms with Crippen LogP contribution in [0.1, 0.15) is 33.1 Å². The molecule has 25 heavy (non-hydrogen) atoms. The number of nitrogens with one attached hydrogen (secondary N) is 1. The molecular formula is C19H27N3O3. The Kier molecular flexibility index (Phi) is 4.99. The summed E-state index contributed by atoms with van der Waals surface area (Å²) in [7, 11) is 0. The molecule has 2 aliphatic rings. The monoisotopic (exact) mass is 345 g/mol. The van der Waals surface area contributed by atoms with Gasteiger partial charge in [0.2, 0.25) is 11.8 Å². The van der Waals surface area contributed by atoms with Crippen molar-refractivity contribution < 1.29 is 14.7 Å². The van der Waals surface area contributed by atoms with Gasteiger partial charge in [-0.15, -0.1) is 0 Å². The van der Waals surface area contributed by atoms with E-state index in [-0.39, 0.29) is 30.8 Å². The number of aliphatic hydroxyl groups excluding tert-OH is 1. The Morgan fingerprint density at radius 3 is 2.40 bits per heavy atom. The Balaban J connectivity index is 1.65. The average Bonchev–Trinajstić information content (AvgIpc) is 3.24. The molecule has 3 rings (SSSR count). The van der Waals surface area contributed by atoms with Crippen LogP contribution in [0.4, 0.5) is 11.4 Å². The molecule has 1 atom stereocenters. The maximum atomic E-state index is 12.4. The number of hydrogen-bond donors (Lipinski definition) is 2. The van der Waals surface area contributed by atoms with Gasteiger partial charge in [0.05, 0.1) is 18.1 Å². The summed E-state index contributed by atoms with van der Waals surface area (Å²) in [5, 5.41) is 12.1. The van der Waals surface area contributed by atoms with Gasteiger partial charge in [-0.2, -0.15) is 0 Å². The van der Waals surface area contributed by atoms with E-state index in [1.807, 2.05) is 12.1 Å². The summed E-state index contributed by atoms with van der Waals surface area (Å²) in [5.74, 6) is -0.587. The second-order valence-electron chi connectivity index (χ2n) is 7.65. The molecular weight excluding hydrogens is 318 g/mol. The largest absolute Gasteiger partial charge is 0.394 e. The van der Waals surface area contributed by atoms with Crippen molar-refractivity contribution in [1.29, 1.82) is 0 Å². The third kappa shape index (κ3) is 3.95. The van der Waals surface area contributed by atoms with Crippen LogP contribution in [0, 0.1) is 5.92 Å². The topological polar surface area (TPSA) is 72.9 Å². The van der Waals surface area contributed by atoms with Gasteiger partial charge in [0.1, 0.15) is 0 Å². The van der Waals surface area contributed by atoms with Crippen LogP contribution in [-0.2, 0) is 9.59 Å². The molecule has 6 nitrogen and oxygen atoms in total. The summed E-state index contributed by atoms with van der Waals surface area (Å²) in [6, 6.07) is 8.03. The van der Waals surface area contributed by atoms with Gasteiger partial charge in [0, 0.05) is 37.4 Å². The molecule has 0 bridgehead atoms. The van der Waals surface area contributed by atoms with Crippen LogP contribution in [0.2, 0.25) is 0 Å². The number of carbonyl (C=O) groups excluding carboxylic acids is 2. The minimum Gasteiger partial charge on any atom is -0.394 e. The van der Waals surface area contributed by atoms with Gasteiger partial charge in [-0.25, -0.2) is 0 Å². The molecule has 2 fully saturated rings. The molecule has 0 aliphatic carbocycles. The van der Waals surface area contributed by atoms with Crippen LogP contribution in [-0.4, -0.2) is 48.7 Å². The first-order valence-electron chi connectivity index (χ1n) is 8.98. The molecule has 0 spiro atoms. The Labute approximate surface area is 148 Å². The zero-order valence-corrected chi connectivity index (χ0v) is 15.0. The first-order chi connectivity index (χ1) is 11.9. The van der Waals surface area contributed by atoms with Crippen molar-refractivity contribution in [3.8, 4) is 0 Å². The molecule has 6 heteroatoms. The minimum absolute atomic E-state index is 0.0316. The molecule has 136 valence electrons. The van der Waals surface area contributed by atoms with Crippen molar-refractivity contribution in [2.24, 2.45) is 5.92 Å². The van der Waals surface area contributed by atoms with E-state index in [2.05, 4.69) is 22.3 Å². The molecule has 2 saturated heterocycles. The number of rotatable bonds is 5. The quantitative estimate of drug-likeness (QED) is 0.849. The van der Waals surface area contributed by atoms with Gasteiger partial charge in [0.15, 0.2) is 0 Å². The van der Waals surface area contributed by atoms with Crippen molar-refractivity contribution in [2.75, 3.05) is 36.0 Å². The lowest BCUT2D eigenvalue weighted by molar-refractivity contribution is -0.128. The smallest absolute Gasteiger partial charge is 0.227 e. The summed E-state index contributed by atoms with van der Waals surface area (Å²) in [6.45, 7) is 5.94. The van der Waals surface area contributed by atoms with E-state index in [1.54, 1.807) is 18.7 Å². The fraction of sp³-hybridized carbons (Fsp3) is 0.579. The Hall–Kier alpha value is -2.08. The molecule has 0 radical (unpaired) electrons. The zero-order chi connectivity index (χ0) is 18.0. The standard InChI is InChI=1S/C19H27N3O3/c1-19(2,13-23)20-18(25)14-11-17(24)22(12-14)16-7-5-15(6-8-16)21-9-3-4-10-21/h5-8,14,23H,3-4,9-13H2,1-2H3,(H,20,25). The van der Waals surface area contributed by atoms with E-state index in [1.165, 1.54) is 18.5 Å². The van der Waals surface area contributed by atoms with E-state index in [0.29, 0.717) is 6.54 Å². The molecule has 1 aromatic carbocycles. The second-order valence-corrected chi connectivity index (χ2v) is 7.65. The van der Waals surface area contributed by atoms with Crippen molar-refractivity contribution in [3.05, 3.63) is 24.3 Å². The van der Waals surface area contributed by atoms with Crippen molar-refractivity contribution >= 4 is 23.2 Å². The fourth-order valence-corrected chi connectivity index (χ4v) is 3.43. The highest BCUT2D eigenvalue weighted by Gasteiger charge is 2.36. The Bertz CT molecular complexity index is 636. The molecule has 2 aliphatic heterocycles. The molecule has 2 amide bonds. The maximum absolute atomic E-state index is 12.4. The Morgan fingerprint density at radius 2 is 1.80 bits per heavy atom. The number of benzene rings is 1. The van der Waals surface area contributed by atoms with E-state index in [4.69, 9.17) is 0 Å². The first kappa shape index (κ1) is 17.7. The molecule has 1 aromatic rings. The third-order valence-electron chi connectivity index (χ3n) is 4.99. The van der Waals surface area contributed by atoms with E-state index < -0.39 is 5.54 Å². The van der Waals surface area contributed by atoms with Crippen LogP contribution in [0.15, 0.2) is 24.3 Å².